The van der Waals surface area contributed by atoms with E-state index in [1.165, 1.54) is 0 Å². The summed E-state index contributed by atoms with van der Waals surface area (Å²) in [6.45, 7) is 0. The minimum atomic E-state index is -1.20. The van der Waals surface area contributed by atoms with Crippen LogP contribution in [0.15, 0.2) is 0 Å². The van der Waals surface area contributed by atoms with Gasteiger partial charge in [-0.15, -0.1) is 11.8 Å². The lowest BCUT2D eigenvalue weighted by Crippen LogP contribution is -2.27. The number of hydrogen-bond donors (Lipinski definition) is 3. The Bertz CT molecular complexity index is 148. The second-order valence-electron chi connectivity index (χ2n) is 1.46. The molecule has 0 aliphatic heterocycles. The van der Waals surface area contributed by atoms with Crippen LogP contribution < -0.4 is 5.73 Å². The number of rotatable bonds is 4. The summed E-state index contributed by atoms with van der Waals surface area (Å²) in [5, 5.41) is 15.1. The molecule has 1 atom stereocenters. The van der Waals surface area contributed by atoms with Crippen LogP contribution >= 0.6 is 11.8 Å². The van der Waals surface area contributed by atoms with E-state index in [0.717, 1.165) is 0 Å². The van der Waals surface area contributed by atoms with Gasteiger partial charge in [0, 0.05) is 0 Å². The number of carboxylic acid groups (broad SMARTS) is 2. The lowest BCUT2D eigenvalue weighted by molar-refractivity contribution is -0.136. The molecule has 0 spiro atoms. The van der Waals surface area contributed by atoms with Crippen LogP contribution in [0, 0.1) is 0 Å². The van der Waals surface area contributed by atoms with Crippen LogP contribution in [0.5, 0.6) is 0 Å². The molecule has 0 aliphatic carbocycles. The van der Waals surface area contributed by atoms with Crippen molar-refractivity contribution in [2.75, 3.05) is 5.75 Å². The smallest absolute Gasteiger partial charge is 0.330 e. The Morgan fingerprint density at radius 2 is 2.00 bits per heavy atom. The summed E-state index contributed by atoms with van der Waals surface area (Å²) in [5.74, 6) is -2.55. The third-order valence-electron chi connectivity index (χ3n) is 0.630. The topological polar surface area (TPSA) is 101 Å². The van der Waals surface area contributed by atoms with Crippen molar-refractivity contribution in [1.29, 1.82) is 0 Å². The summed E-state index contributed by atoms with van der Waals surface area (Å²) in [7, 11) is 0. The number of aliphatic carboxylic acids is 2. The second-order valence-corrected chi connectivity index (χ2v) is 2.59. The van der Waals surface area contributed by atoms with E-state index in [1.54, 1.807) is 0 Å². The van der Waals surface area contributed by atoms with Crippen LogP contribution in [0.25, 0.3) is 0 Å². The third kappa shape index (κ3) is 4.16. The molecule has 6 heteroatoms. The molecular weight excluding hydrogens is 158 g/mol. The van der Waals surface area contributed by atoms with Crippen LogP contribution in [-0.4, -0.2) is 33.3 Å². The zero-order valence-corrected chi connectivity index (χ0v) is 5.80. The SMILES string of the molecule is N[C@@H](SCC(=O)O)C(=O)O. The van der Waals surface area contributed by atoms with Crippen molar-refractivity contribution < 1.29 is 19.8 Å². The van der Waals surface area contributed by atoms with Gasteiger partial charge in [0.15, 0.2) is 5.37 Å². The minimum Gasteiger partial charge on any atom is -0.481 e. The fraction of sp³-hybridized carbons (Fsp3) is 0.500. The predicted octanol–water partition coefficient (Wildman–Crippen LogP) is -0.826. The first-order valence-electron chi connectivity index (χ1n) is 2.36. The van der Waals surface area contributed by atoms with Gasteiger partial charge in [0.2, 0.25) is 0 Å². The van der Waals surface area contributed by atoms with Gasteiger partial charge in [0.25, 0.3) is 0 Å². The van der Waals surface area contributed by atoms with Gasteiger partial charge in [0.05, 0.1) is 5.75 Å². The monoisotopic (exact) mass is 165 g/mol. The van der Waals surface area contributed by atoms with Gasteiger partial charge in [0.1, 0.15) is 0 Å². The molecule has 0 saturated carbocycles. The lowest BCUT2D eigenvalue weighted by atomic mass is 10.7. The molecular formula is C4H7NO4S. The van der Waals surface area contributed by atoms with Crippen LogP contribution in [0.3, 0.4) is 0 Å². The summed E-state index contributed by atoms with van der Waals surface area (Å²) < 4.78 is 0. The molecule has 0 fully saturated rings. The zero-order chi connectivity index (χ0) is 8.15. The second kappa shape index (κ2) is 4.13. The maximum absolute atomic E-state index is 9.97. The highest BCUT2D eigenvalue weighted by Gasteiger charge is 2.12. The van der Waals surface area contributed by atoms with Crippen LogP contribution in [0.1, 0.15) is 0 Å². The molecule has 0 aliphatic rings. The Morgan fingerprint density at radius 1 is 1.50 bits per heavy atom. The Balaban J connectivity index is 3.49. The zero-order valence-electron chi connectivity index (χ0n) is 4.98. The van der Waals surface area contributed by atoms with Gasteiger partial charge >= 0.3 is 11.9 Å². The maximum atomic E-state index is 9.97. The molecule has 4 N–H and O–H groups in total. The molecule has 0 aromatic heterocycles. The van der Waals surface area contributed by atoms with E-state index in [-0.39, 0.29) is 5.75 Å². The normalized spacial score (nSPS) is 12.5. The molecule has 0 aromatic carbocycles. The number of nitrogens with two attached hydrogens (primary N) is 1. The van der Waals surface area contributed by atoms with Crippen molar-refractivity contribution in [3.8, 4) is 0 Å². The molecule has 0 amide bonds. The number of carboxylic acids is 2. The summed E-state index contributed by atoms with van der Waals surface area (Å²) in [5.41, 5.74) is 4.96. The molecule has 0 bridgehead atoms. The first kappa shape index (κ1) is 9.25. The van der Waals surface area contributed by atoms with Gasteiger partial charge in [-0.3, -0.25) is 4.79 Å². The third-order valence-corrected chi connectivity index (χ3v) is 1.60. The van der Waals surface area contributed by atoms with E-state index >= 15 is 0 Å². The number of carbonyl (C=O) groups is 2. The Kier molecular flexibility index (Phi) is 3.82. The van der Waals surface area contributed by atoms with E-state index in [2.05, 4.69) is 0 Å². The van der Waals surface area contributed by atoms with Crippen molar-refractivity contribution >= 4 is 23.7 Å². The van der Waals surface area contributed by atoms with Gasteiger partial charge in [-0.05, 0) is 0 Å². The molecule has 10 heavy (non-hydrogen) atoms. The molecule has 0 unspecified atom stereocenters. The van der Waals surface area contributed by atoms with Crippen molar-refractivity contribution in [2.45, 2.75) is 5.37 Å². The fourth-order valence-corrected chi connectivity index (χ4v) is 0.697. The van der Waals surface area contributed by atoms with Crippen LogP contribution in [0.2, 0.25) is 0 Å². The highest BCUT2D eigenvalue weighted by Crippen LogP contribution is 2.03. The highest BCUT2D eigenvalue weighted by molar-refractivity contribution is 8.01. The molecule has 0 radical (unpaired) electrons. The van der Waals surface area contributed by atoms with E-state index in [1.807, 2.05) is 0 Å². The maximum Gasteiger partial charge on any atom is 0.330 e. The lowest BCUT2D eigenvalue weighted by Gasteiger charge is -2.01. The summed E-state index contributed by atoms with van der Waals surface area (Å²) in [6.07, 6.45) is 0. The highest BCUT2D eigenvalue weighted by atomic mass is 32.2. The first-order chi connectivity index (χ1) is 4.54. The molecule has 58 valence electrons. The number of hydrogen-bond acceptors (Lipinski definition) is 4. The molecule has 0 rings (SSSR count). The van der Waals surface area contributed by atoms with Gasteiger partial charge in [-0.2, -0.15) is 0 Å². The summed E-state index contributed by atoms with van der Waals surface area (Å²) in [4.78, 5) is 19.8. The standard InChI is InChI=1S/C4H7NO4S/c5-3(4(8)9)10-1-2(6)7/h3H,1,5H2,(H,6,7)(H,8,9)/t3-/m0/s1. The van der Waals surface area contributed by atoms with E-state index in [4.69, 9.17) is 15.9 Å². The molecule has 0 aromatic rings. The Morgan fingerprint density at radius 3 is 2.30 bits per heavy atom. The van der Waals surface area contributed by atoms with Crippen molar-refractivity contribution in [1.82, 2.24) is 0 Å². The fourth-order valence-electron chi connectivity index (χ4n) is 0.232. The van der Waals surface area contributed by atoms with Crippen molar-refractivity contribution in [3.05, 3.63) is 0 Å². The van der Waals surface area contributed by atoms with Gasteiger partial charge in [-0.25, -0.2) is 4.79 Å². The summed E-state index contributed by atoms with van der Waals surface area (Å²) >= 11 is 0.671. The van der Waals surface area contributed by atoms with E-state index < -0.39 is 17.3 Å². The van der Waals surface area contributed by atoms with Crippen molar-refractivity contribution in [3.63, 3.8) is 0 Å². The summed E-state index contributed by atoms with van der Waals surface area (Å²) in [6, 6.07) is 0. The van der Waals surface area contributed by atoms with Crippen molar-refractivity contribution in [2.24, 2.45) is 5.73 Å². The Hall–Kier alpha value is -0.750. The van der Waals surface area contributed by atoms with Gasteiger partial charge in [-0.1, -0.05) is 0 Å². The van der Waals surface area contributed by atoms with Crippen LogP contribution in [0.4, 0.5) is 0 Å². The quantitative estimate of drug-likeness (QED) is 0.470. The number of thioether (sulfide) groups is 1. The molecule has 5 nitrogen and oxygen atoms in total. The minimum absolute atomic E-state index is 0.284. The average Bonchev–Trinajstić information content (AvgIpc) is 1.82. The average molecular weight is 165 g/mol. The van der Waals surface area contributed by atoms with Gasteiger partial charge < -0.3 is 15.9 Å². The first-order valence-corrected chi connectivity index (χ1v) is 3.40. The van der Waals surface area contributed by atoms with E-state index in [9.17, 15) is 9.59 Å². The Labute approximate surface area is 61.2 Å². The van der Waals surface area contributed by atoms with E-state index in [0.29, 0.717) is 11.8 Å². The molecule has 0 heterocycles. The van der Waals surface area contributed by atoms with Crippen LogP contribution in [-0.2, 0) is 9.59 Å². The molecule has 0 saturated heterocycles. The predicted molar refractivity (Wildman–Crippen MR) is 35.7 cm³/mol. The largest absolute Gasteiger partial charge is 0.481 e.